The van der Waals surface area contributed by atoms with E-state index in [0.717, 1.165) is 21.9 Å². The van der Waals surface area contributed by atoms with Crippen molar-refractivity contribution in [3.05, 3.63) is 65.7 Å². The zero-order valence-electron chi connectivity index (χ0n) is 13.7. The van der Waals surface area contributed by atoms with Crippen molar-refractivity contribution >= 4 is 12.0 Å². The summed E-state index contributed by atoms with van der Waals surface area (Å²) in [6.45, 7) is 1.99. The van der Waals surface area contributed by atoms with Crippen LogP contribution in [0.3, 0.4) is 0 Å². The van der Waals surface area contributed by atoms with E-state index in [4.69, 9.17) is 9.57 Å². The Hall–Kier alpha value is -3.02. The predicted molar refractivity (Wildman–Crippen MR) is 89.0 cm³/mol. The molecule has 2 rings (SSSR count). The molecular formula is C18H20N2O4. The van der Waals surface area contributed by atoms with Crippen molar-refractivity contribution in [2.24, 2.45) is 0 Å². The number of nitrogens with zero attached hydrogens (tertiary/aromatic N) is 1. The molecule has 2 aromatic carbocycles. The van der Waals surface area contributed by atoms with Crippen LogP contribution in [0, 0.1) is 0 Å². The van der Waals surface area contributed by atoms with E-state index >= 15 is 0 Å². The Balaban J connectivity index is 1.92. The molecule has 0 unspecified atom stereocenters. The first-order chi connectivity index (χ1) is 11.6. The number of hydrogen-bond donors (Lipinski definition) is 1. The molecule has 0 aliphatic carbocycles. The summed E-state index contributed by atoms with van der Waals surface area (Å²) in [5, 5.41) is 3.30. The summed E-state index contributed by atoms with van der Waals surface area (Å²) in [6.07, 6.45) is -0.687. The van der Waals surface area contributed by atoms with Crippen LogP contribution >= 0.6 is 0 Å². The molecule has 1 N–H and O–H groups in total. The van der Waals surface area contributed by atoms with Crippen LogP contribution < -0.4 is 10.1 Å². The molecule has 0 heterocycles. The minimum absolute atomic E-state index is 0.168. The summed E-state index contributed by atoms with van der Waals surface area (Å²) >= 11 is 0. The SMILES string of the molecule is CNC(=O)ON(Cc1ccc(OCc2ccccc2)cc1)C(C)=O. The largest absolute Gasteiger partial charge is 0.489 e. The Bertz CT molecular complexity index is 671. The summed E-state index contributed by atoms with van der Waals surface area (Å²) in [7, 11) is 1.43. The van der Waals surface area contributed by atoms with Crippen molar-refractivity contribution in [1.29, 1.82) is 0 Å². The summed E-state index contributed by atoms with van der Waals surface area (Å²) in [5.41, 5.74) is 1.91. The quantitative estimate of drug-likeness (QED) is 0.857. The van der Waals surface area contributed by atoms with Crippen LogP contribution in [0.25, 0.3) is 0 Å². The molecule has 0 radical (unpaired) electrons. The minimum atomic E-state index is -0.687. The Kier molecular flexibility index (Phi) is 6.19. The zero-order chi connectivity index (χ0) is 17.4. The number of amides is 2. The zero-order valence-corrected chi connectivity index (χ0v) is 13.7. The third-order valence-electron chi connectivity index (χ3n) is 3.25. The standard InChI is InChI=1S/C18H20N2O4/c1-14(21)20(24-18(22)19-2)12-15-8-10-17(11-9-15)23-13-16-6-4-3-5-7-16/h3-11H,12-13H2,1-2H3,(H,19,22). The van der Waals surface area contributed by atoms with E-state index in [0.29, 0.717) is 6.61 Å². The van der Waals surface area contributed by atoms with Gasteiger partial charge in [0, 0.05) is 14.0 Å². The molecule has 0 fully saturated rings. The second kappa shape index (κ2) is 8.57. The molecule has 24 heavy (non-hydrogen) atoms. The molecule has 0 saturated heterocycles. The highest BCUT2D eigenvalue weighted by Crippen LogP contribution is 2.15. The Morgan fingerprint density at radius 3 is 2.25 bits per heavy atom. The maximum absolute atomic E-state index is 11.5. The maximum atomic E-state index is 11.5. The van der Waals surface area contributed by atoms with Gasteiger partial charge in [-0.15, -0.1) is 0 Å². The van der Waals surface area contributed by atoms with Gasteiger partial charge in [0.25, 0.3) is 5.91 Å². The van der Waals surface area contributed by atoms with Gasteiger partial charge >= 0.3 is 6.09 Å². The van der Waals surface area contributed by atoms with Crippen LogP contribution in [0.5, 0.6) is 5.75 Å². The molecule has 0 spiro atoms. The fourth-order valence-electron chi connectivity index (χ4n) is 1.95. The molecule has 0 saturated carbocycles. The molecule has 0 aliphatic rings. The van der Waals surface area contributed by atoms with Gasteiger partial charge in [0.1, 0.15) is 12.4 Å². The number of rotatable bonds is 5. The van der Waals surface area contributed by atoms with Gasteiger partial charge < -0.3 is 14.9 Å². The van der Waals surface area contributed by atoms with Crippen molar-refractivity contribution in [3.8, 4) is 5.75 Å². The summed E-state index contributed by atoms with van der Waals surface area (Å²) < 4.78 is 5.71. The highest BCUT2D eigenvalue weighted by molar-refractivity contribution is 5.75. The summed E-state index contributed by atoms with van der Waals surface area (Å²) in [6, 6.07) is 17.2. The molecule has 0 aliphatic heterocycles. The molecule has 0 atom stereocenters. The van der Waals surface area contributed by atoms with E-state index in [-0.39, 0.29) is 12.5 Å². The van der Waals surface area contributed by atoms with Crippen molar-refractivity contribution in [3.63, 3.8) is 0 Å². The number of carbonyl (C=O) groups excluding carboxylic acids is 2. The van der Waals surface area contributed by atoms with Gasteiger partial charge in [-0.3, -0.25) is 4.79 Å². The van der Waals surface area contributed by atoms with Gasteiger partial charge in [-0.1, -0.05) is 42.5 Å². The highest BCUT2D eigenvalue weighted by Gasteiger charge is 2.14. The third kappa shape index (κ3) is 5.31. The van der Waals surface area contributed by atoms with E-state index in [1.807, 2.05) is 54.6 Å². The van der Waals surface area contributed by atoms with Gasteiger partial charge in [0.2, 0.25) is 0 Å². The van der Waals surface area contributed by atoms with Gasteiger partial charge in [-0.2, -0.15) is 5.06 Å². The number of hydrogen-bond acceptors (Lipinski definition) is 4. The van der Waals surface area contributed by atoms with E-state index in [1.54, 1.807) is 0 Å². The fourth-order valence-corrected chi connectivity index (χ4v) is 1.95. The second-order valence-electron chi connectivity index (χ2n) is 5.10. The summed E-state index contributed by atoms with van der Waals surface area (Å²) in [4.78, 5) is 27.7. The van der Waals surface area contributed by atoms with Crippen molar-refractivity contribution in [2.75, 3.05) is 7.05 Å². The Labute approximate surface area is 140 Å². The van der Waals surface area contributed by atoms with Crippen molar-refractivity contribution in [2.45, 2.75) is 20.1 Å². The molecule has 2 amide bonds. The number of nitrogens with one attached hydrogen (secondary N) is 1. The number of benzene rings is 2. The van der Waals surface area contributed by atoms with Crippen LogP contribution in [-0.2, 0) is 22.8 Å². The lowest BCUT2D eigenvalue weighted by atomic mass is 10.2. The highest BCUT2D eigenvalue weighted by atomic mass is 16.7. The second-order valence-corrected chi connectivity index (χ2v) is 5.10. The van der Waals surface area contributed by atoms with E-state index in [2.05, 4.69) is 5.32 Å². The number of ether oxygens (including phenoxy) is 1. The normalized spacial score (nSPS) is 9.92. The van der Waals surface area contributed by atoms with Gasteiger partial charge in [0.15, 0.2) is 0 Å². The van der Waals surface area contributed by atoms with Gasteiger partial charge in [-0.25, -0.2) is 4.79 Å². The average molecular weight is 328 g/mol. The maximum Gasteiger partial charge on any atom is 0.431 e. The monoisotopic (exact) mass is 328 g/mol. The lowest BCUT2D eigenvalue weighted by molar-refractivity contribution is -0.165. The predicted octanol–water partition coefficient (Wildman–Crippen LogP) is 2.89. The Morgan fingerprint density at radius 1 is 1.00 bits per heavy atom. The molecule has 6 heteroatoms. The first kappa shape index (κ1) is 17.3. The number of carbonyl (C=O) groups is 2. The van der Waals surface area contributed by atoms with Crippen LogP contribution in [0.15, 0.2) is 54.6 Å². The average Bonchev–Trinajstić information content (AvgIpc) is 2.61. The first-order valence-corrected chi connectivity index (χ1v) is 7.52. The molecule has 0 bridgehead atoms. The van der Waals surface area contributed by atoms with E-state index in [9.17, 15) is 9.59 Å². The third-order valence-corrected chi connectivity index (χ3v) is 3.25. The molecule has 6 nitrogen and oxygen atoms in total. The lowest BCUT2D eigenvalue weighted by Crippen LogP contribution is -2.34. The van der Waals surface area contributed by atoms with Gasteiger partial charge in [-0.05, 0) is 23.3 Å². The topological polar surface area (TPSA) is 67.9 Å². The van der Waals surface area contributed by atoms with Crippen molar-refractivity contribution < 1.29 is 19.2 Å². The lowest BCUT2D eigenvalue weighted by Gasteiger charge is -2.19. The first-order valence-electron chi connectivity index (χ1n) is 7.52. The van der Waals surface area contributed by atoms with Crippen molar-refractivity contribution in [1.82, 2.24) is 10.4 Å². The number of hydroxylamine groups is 2. The molecule has 0 aromatic heterocycles. The molecule has 126 valence electrons. The summed E-state index contributed by atoms with van der Waals surface area (Å²) in [5.74, 6) is 0.368. The molecule has 2 aromatic rings. The smallest absolute Gasteiger partial charge is 0.431 e. The van der Waals surface area contributed by atoms with Crippen LogP contribution in [0.1, 0.15) is 18.1 Å². The van der Waals surface area contributed by atoms with Crippen LogP contribution in [0.2, 0.25) is 0 Å². The van der Waals surface area contributed by atoms with Crippen LogP contribution in [-0.4, -0.2) is 24.1 Å². The van der Waals surface area contributed by atoms with Gasteiger partial charge in [0.05, 0.1) is 6.54 Å². The minimum Gasteiger partial charge on any atom is -0.489 e. The molecular weight excluding hydrogens is 308 g/mol. The van der Waals surface area contributed by atoms with E-state index < -0.39 is 6.09 Å². The van der Waals surface area contributed by atoms with Crippen LogP contribution in [0.4, 0.5) is 4.79 Å². The van der Waals surface area contributed by atoms with E-state index in [1.165, 1.54) is 14.0 Å². The fraction of sp³-hybridized carbons (Fsp3) is 0.222. The Morgan fingerprint density at radius 2 is 1.67 bits per heavy atom.